The highest BCUT2D eigenvalue weighted by molar-refractivity contribution is 5.94. The molecule has 4 aromatic rings. The quantitative estimate of drug-likeness (QED) is 0.390. The third kappa shape index (κ3) is 2.73. The van der Waals surface area contributed by atoms with E-state index < -0.39 is 17.3 Å². The van der Waals surface area contributed by atoms with Gasteiger partial charge in [0.05, 0.1) is 18.2 Å². The van der Waals surface area contributed by atoms with Crippen LogP contribution in [0.3, 0.4) is 0 Å². The van der Waals surface area contributed by atoms with E-state index in [9.17, 15) is 19.8 Å². The Morgan fingerprint density at radius 1 is 1.17 bits per heavy atom. The van der Waals surface area contributed by atoms with E-state index >= 15 is 0 Å². The molecule has 0 radical (unpaired) electrons. The number of benzene rings is 2. The smallest absolute Gasteiger partial charge is 0.312 e. The van der Waals surface area contributed by atoms with E-state index in [1.807, 2.05) is 0 Å². The Kier molecular flexibility index (Phi) is 3.89. The number of hydrogen-bond acceptors (Lipinski definition) is 7. The number of phenols is 2. The fourth-order valence-corrected chi connectivity index (χ4v) is 3.88. The molecule has 0 fully saturated rings. The first-order valence-electron chi connectivity index (χ1n) is 9.22. The first-order chi connectivity index (χ1) is 14.4. The van der Waals surface area contributed by atoms with E-state index in [2.05, 4.69) is 5.10 Å². The molecule has 8 heteroatoms. The van der Waals surface area contributed by atoms with Gasteiger partial charge in [0.1, 0.15) is 34.5 Å². The van der Waals surface area contributed by atoms with Gasteiger partial charge in [0.25, 0.3) is 0 Å². The molecule has 2 N–H and O–H groups in total. The van der Waals surface area contributed by atoms with Crippen LogP contribution in [0.1, 0.15) is 23.5 Å². The van der Waals surface area contributed by atoms with Crippen LogP contribution in [0.4, 0.5) is 0 Å². The number of rotatable bonds is 2. The highest BCUT2D eigenvalue weighted by atomic mass is 16.5. The van der Waals surface area contributed by atoms with E-state index in [4.69, 9.17) is 9.15 Å². The molecule has 0 spiro atoms. The van der Waals surface area contributed by atoms with Gasteiger partial charge in [-0.1, -0.05) is 12.1 Å². The summed E-state index contributed by atoms with van der Waals surface area (Å²) in [5.41, 5.74) is 1.81. The minimum absolute atomic E-state index is 0.00571. The van der Waals surface area contributed by atoms with Crippen LogP contribution in [-0.2, 0) is 11.8 Å². The number of aryl methyl sites for hydroxylation is 1. The molecule has 1 aliphatic rings. The average Bonchev–Trinajstić information content (AvgIpc) is 3.14. The molecule has 5 rings (SSSR count). The lowest BCUT2D eigenvalue weighted by atomic mass is 9.86. The lowest BCUT2D eigenvalue weighted by Gasteiger charge is -2.24. The molecule has 0 aliphatic carbocycles. The number of carbonyl (C=O) groups is 1. The summed E-state index contributed by atoms with van der Waals surface area (Å²) in [7, 11) is 1.77. The predicted molar refractivity (Wildman–Crippen MR) is 107 cm³/mol. The molecule has 30 heavy (non-hydrogen) atoms. The van der Waals surface area contributed by atoms with Gasteiger partial charge >= 0.3 is 5.97 Å². The zero-order valence-corrected chi connectivity index (χ0v) is 15.8. The third-order valence-corrected chi connectivity index (χ3v) is 5.28. The van der Waals surface area contributed by atoms with Crippen LogP contribution in [0.15, 0.2) is 58.2 Å². The van der Waals surface area contributed by atoms with Crippen molar-refractivity contribution in [2.75, 3.05) is 0 Å². The van der Waals surface area contributed by atoms with Gasteiger partial charge in [0, 0.05) is 30.8 Å². The average molecular weight is 404 g/mol. The third-order valence-electron chi connectivity index (χ3n) is 5.28. The van der Waals surface area contributed by atoms with E-state index in [0.29, 0.717) is 11.1 Å². The topological polar surface area (TPSA) is 115 Å². The summed E-state index contributed by atoms with van der Waals surface area (Å²) in [5, 5.41) is 24.2. The molecular weight excluding hydrogens is 388 g/mol. The van der Waals surface area contributed by atoms with E-state index in [-0.39, 0.29) is 40.2 Å². The Hall–Kier alpha value is -4.07. The number of aromatic hydroxyl groups is 2. The zero-order valence-electron chi connectivity index (χ0n) is 15.8. The summed E-state index contributed by atoms with van der Waals surface area (Å²) >= 11 is 0. The van der Waals surface area contributed by atoms with Gasteiger partial charge in [0.15, 0.2) is 0 Å². The van der Waals surface area contributed by atoms with Crippen LogP contribution in [0.5, 0.6) is 17.2 Å². The Balaban J connectivity index is 1.78. The Morgan fingerprint density at radius 2 is 1.93 bits per heavy atom. The number of ether oxygens (including phenoxy) is 1. The van der Waals surface area contributed by atoms with Crippen molar-refractivity contribution in [1.29, 1.82) is 0 Å². The summed E-state index contributed by atoms with van der Waals surface area (Å²) in [6.07, 6.45) is 4.80. The minimum atomic E-state index is -0.446. The van der Waals surface area contributed by atoms with Crippen LogP contribution in [0.2, 0.25) is 0 Å². The number of phenolic OH excluding ortho intramolecular Hbond substituents is 2. The molecule has 0 unspecified atom stereocenters. The summed E-state index contributed by atoms with van der Waals surface area (Å²) < 4.78 is 12.8. The molecule has 2 aromatic carbocycles. The van der Waals surface area contributed by atoms with Crippen LogP contribution < -0.4 is 10.2 Å². The molecular formula is C22H16N2O6. The molecule has 1 atom stereocenters. The number of nitrogens with zero attached hydrogens (tertiary/aromatic N) is 2. The second kappa shape index (κ2) is 6.48. The van der Waals surface area contributed by atoms with Crippen molar-refractivity contribution in [3.05, 3.63) is 70.3 Å². The van der Waals surface area contributed by atoms with Crippen molar-refractivity contribution < 1.29 is 24.2 Å². The first-order valence-corrected chi connectivity index (χ1v) is 9.22. The molecule has 2 aromatic heterocycles. The Morgan fingerprint density at radius 3 is 2.63 bits per heavy atom. The first kappa shape index (κ1) is 18.0. The maximum atomic E-state index is 13.2. The van der Waals surface area contributed by atoms with Gasteiger partial charge in [0.2, 0.25) is 5.43 Å². The lowest BCUT2D eigenvalue weighted by molar-refractivity contribution is -0.135. The van der Waals surface area contributed by atoms with Gasteiger partial charge in [-0.3, -0.25) is 14.3 Å². The monoisotopic (exact) mass is 404 g/mol. The Bertz CT molecular complexity index is 1370. The van der Waals surface area contributed by atoms with Crippen LogP contribution >= 0.6 is 0 Å². The van der Waals surface area contributed by atoms with Crippen molar-refractivity contribution in [2.24, 2.45) is 7.05 Å². The summed E-state index contributed by atoms with van der Waals surface area (Å²) in [6, 6.07) is 7.37. The molecule has 0 bridgehead atoms. The normalized spacial score (nSPS) is 15.8. The summed E-state index contributed by atoms with van der Waals surface area (Å²) in [4.78, 5) is 25.4. The van der Waals surface area contributed by atoms with Crippen LogP contribution in [0.25, 0.3) is 22.1 Å². The molecule has 0 saturated heterocycles. The molecule has 150 valence electrons. The zero-order chi connectivity index (χ0) is 21.0. The van der Waals surface area contributed by atoms with Gasteiger partial charge in [-0.2, -0.15) is 5.10 Å². The molecule has 3 heterocycles. The maximum Gasteiger partial charge on any atom is 0.312 e. The second-order valence-electron chi connectivity index (χ2n) is 7.22. The van der Waals surface area contributed by atoms with Crippen molar-refractivity contribution in [3.8, 4) is 28.4 Å². The summed E-state index contributed by atoms with van der Waals surface area (Å²) in [5.74, 6) is -0.982. The second-order valence-corrected chi connectivity index (χ2v) is 7.22. The lowest BCUT2D eigenvalue weighted by Crippen LogP contribution is -2.22. The van der Waals surface area contributed by atoms with Crippen LogP contribution in [-0.4, -0.2) is 26.0 Å². The van der Waals surface area contributed by atoms with E-state index in [1.165, 1.54) is 24.5 Å². The van der Waals surface area contributed by atoms with Crippen molar-refractivity contribution in [2.45, 2.75) is 12.3 Å². The fourth-order valence-electron chi connectivity index (χ4n) is 3.88. The minimum Gasteiger partial charge on any atom is -0.508 e. The molecule has 0 saturated carbocycles. The number of hydrogen-bond donors (Lipinski definition) is 2. The highest BCUT2D eigenvalue weighted by Gasteiger charge is 2.34. The molecule has 0 amide bonds. The predicted octanol–water partition coefficient (Wildman–Crippen LogP) is 3.05. The number of fused-ring (bicyclic) bond motifs is 3. The van der Waals surface area contributed by atoms with Crippen molar-refractivity contribution >= 4 is 16.9 Å². The fraction of sp³-hybridized carbons (Fsp3) is 0.136. The van der Waals surface area contributed by atoms with E-state index in [1.54, 1.807) is 36.3 Å². The van der Waals surface area contributed by atoms with Gasteiger partial charge in [-0.05, 0) is 23.3 Å². The van der Waals surface area contributed by atoms with Crippen molar-refractivity contribution in [3.63, 3.8) is 0 Å². The number of carbonyl (C=O) groups excluding carboxylic acids is 1. The number of esters is 1. The van der Waals surface area contributed by atoms with Crippen molar-refractivity contribution in [1.82, 2.24) is 9.78 Å². The number of aromatic nitrogens is 2. The van der Waals surface area contributed by atoms with Crippen LogP contribution in [0, 0.1) is 0 Å². The molecule has 8 nitrogen and oxygen atoms in total. The van der Waals surface area contributed by atoms with E-state index in [0.717, 1.165) is 5.56 Å². The standard InChI is InChI=1S/C22H16N2O6/c1-24-9-12(8-23-24)14-6-18(27)30-17-7-16(26)20-21(28)15(10-29-22(20)19(14)17)11-2-4-13(25)5-3-11/h2-5,7-10,14,25-26H,6H2,1H3/t14-/m1/s1. The summed E-state index contributed by atoms with van der Waals surface area (Å²) in [6.45, 7) is 0. The SMILES string of the molecule is Cn1cc([C@H]2CC(=O)Oc3cc(O)c4c(=O)c(-c5ccc(O)cc5)coc4c32)cn1. The van der Waals surface area contributed by atoms with Gasteiger partial charge in [-0.25, -0.2) is 0 Å². The maximum absolute atomic E-state index is 13.2. The Labute approximate surface area is 169 Å². The highest BCUT2D eigenvalue weighted by Crippen LogP contribution is 2.45. The molecule has 1 aliphatic heterocycles. The van der Waals surface area contributed by atoms with Gasteiger partial charge < -0.3 is 19.4 Å². The largest absolute Gasteiger partial charge is 0.508 e. The van der Waals surface area contributed by atoms with Gasteiger partial charge in [-0.15, -0.1) is 0 Å².